The van der Waals surface area contributed by atoms with Gasteiger partial charge in [0.15, 0.2) is 0 Å². The lowest BCUT2D eigenvalue weighted by Gasteiger charge is -2.59. The molecule has 0 radical (unpaired) electrons. The Morgan fingerprint density at radius 3 is 2.52 bits per heavy atom. The maximum absolute atomic E-state index is 12.3. The van der Waals surface area contributed by atoms with Crippen molar-refractivity contribution >= 4 is 11.6 Å². The Labute approximate surface area is 123 Å². The number of nitrogens with zero attached hydrogens (tertiary/aromatic N) is 1. The smallest absolute Gasteiger partial charge is 0.282 e. The maximum Gasteiger partial charge on any atom is 0.282 e. The predicted molar refractivity (Wildman–Crippen MR) is 78.2 cm³/mol. The number of carbonyl (C=O) groups excluding carboxylic acids is 1. The zero-order chi connectivity index (χ0) is 15.8. The van der Waals surface area contributed by atoms with Gasteiger partial charge in [0.1, 0.15) is 5.56 Å². The SMILES string of the molecule is COC1(C)CC(NC(=O)c2ccccc2[N+](=O)[O-])C1(C)C. The summed E-state index contributed by atoms with van der Waals surface area (Å²) in [6.45, 7) is 6.04. The second-order valence-electron chi connectivity index (χ2n) is 6.16. The van der Waals surface area contributed by atoms with Crippen molar-refractivity contribution in [1.82, 2.24) is 5.32 Å². The molecule has 114 valence electrons. The number of hydrogen-bond acceptors (Lipinski definition) is 4. The summed E-state index contributed by atoms with van der Waals surface area (Å²) in [6, 6.07) is 5.89. The van der Waals surface area contributed by atoms with Crippen molar-refractivity contribution in [2.45, 2.75) is 38.8 Å². The van der Waals surface area contributed by atoms with Gasteiger partial charge in [-0.3, -0.25) is 14.9 Å². The van der Waals surface area contributed by atoms with Crippen LogP contribution in [0.15, 0.2) is 24.3 Å². The van der Waals surface area contributed by atoms with Gasteiger partial charge in [-0.1, -0.05) is 26.0 Å². The van der Waals surface area contributed by atoms with Crippen molar-refractivity contribution in [2.75, 3.05) is 7.11 Å². The Hall–Kier alpha value is -1.95. The molecule has 2 rings (SSSR count). The van der Waals surface area contributed by atoms with Crippen LogP contribution >= 0.6 is 0 Å². The molecule has 2 unspecified atom stereocenters. The first-order chi connectivity index (χ1) is 9.73. The first-order valence-electron chi connectivity index (χ1n) is 6.82. The minimum atomic E-state index is -0.542. The summed E-state index contributed by atoms with van der Waals surface area (Å²) in [6.07, 6.45) is 0.683. The molecule has 6 nitrogen and oxygen atoms in total. The number of benzene rings is 1. The minimum absolute atomic E-state index is 0.0743. The van der Waals surface area contributed by atoms with Crippen LogP contribution in [0.25, 0.3) is 0 Å². The molecule has 1 amide bonds. The van der Waals surface area contributed by atoms with E-state index in [1.54, 1.807) is 19.2 Å². The Morgan fingerprint density at radius 2 is 2.00 bits per heavy atom. The summed E-state index contributed by atoms with van der Waals surface area (Å²) in [7, 11) is 1.65. The van der Waals surface area contributed by atoms with Crippen LogP contribution in [-0.2, 0) is 4.74 Å². The van der Waals surface area contributed by atoms with E-state index in [2.05, 4.69) is 5.32 Å². The van der Waals surface area contributed by atoms with Gasteiger partial charge in [0.05, 0.1) is 10.5 Å². The summed E-state index contributed by atoms with van der Waals surface area (Å²) in [4.78, 5) is 22.7. The number of ether oxygens (including phenoxy) is 1. The quantitative estimate of drug-likeness (QED) is 0.683. The fourth-order valence-corrected chi connectivity index (χ4v) is 2.78. The molecule has 21 heavy (non-hydrogen) atoms. The number of rotatable bonds is 4. The van der Waals surface area contributed by atoms with E-state index < -0.39 is 10.8 Å². The number of methoxy groups -OCH3 is 1. The summed E-state index contributed by atoms with van der Waals surface area (Å²) >= 11 is 0. The number of nitrogens with one attached hydrogen (secondary N) is 1. The van der Waals surface area contributed by atoms with E-state index in [4.69, 9.17) is 4.74 Å². The van der Waals surface area contributed by atoms with Gasteiger partial charge < -0.3 is 10.1 Å². The fourth-order valence-electron chi connectivity index (χ4n) is 2.78. The van der Waals surface area contributed by atoms with E-state index in [0.29, 0.717) is 6.42 Å². The number of carbonyl (C=O) groups is 1. The normalized spacial score (nSPS) is 26.8. The molecule has 0 aromatic heterocycles. The van der Waals surface area contributed by atoms with Crippen LogP contribution in [0.5, 0.6) is 0 Å². The van der Waals surface area contributed by atoms with Gasteiger partial charge in [0.2, 0.25) is 0 Å². The molecule has 1 fully saturated rings. The lowest BCUT2D eigenvalue weighted by molar-refractivity contribution is -0.385. The van der Waals surface area contributed by atoms with Gasteiger partial charge >= 0.3 is 0 Å². The number of hydrogen-bond donors (Lipinski definition) is 1. The summed E-state index contributed by atoms with van der Waals surface area (Å²) in [5.41, 5.74) is -0.625. The van der Waals surface area contributed by atoms with Gasteiger partial charge in [0.25, 0.3) is 11.6 Å². The van der Waals surface area contributed by atoms with Crippen molar-refractivity contribution in [3.63, 3.8) is 0 Å². The minimum Gasteiger partial charge on any atom is -0.378 e. The second-order valence-corrected chi connectivity index (χ2v) is 6.16. The standard InChI is InChI=1S/C15H20N2O4/c1-14(2)12(9-15(14,3)21-4)16-13(18)10-7-5-6-8-11(10)17(19)20/h5-8,12H,9H2,1-4H3,(H,16,18). The molecule has 1 saturated carbocycles. The summed E-state index contributed by atoms with van der Waals surface area (Å²) in [5.74, 6) is -0.418. The van der Waals surface area contributed by atoms with Crippen molar-refractivity contribution in [1.29, 1.82) is 0 Å². The Morgan fingerprint density at radius 1 is 1.38 bits per heavy atom. The molecule has 0 heterocycles. The zero-order valence-corrected chi connectivity index (χ0v) is 12.7. The molecule has 1 aliphatic carbocycles. The lowest BCUT2D eigenvalue weighted by Crippen LogP contribution is -2.68. The Balaban J connectivity index is 2.16. The summed E-state index contributed by atoms with van der Waals surface area (Å²) < 4.78 is 5.51. The number of nitro benzene ring substituents is 1. The Kier molecular flexibility index (Phi) is 3.76. The van der Waals surface area contributed by atoms with E-state index in [0.717, 1.165) is 0 Å². The molecule has 0 aliphatic heterocycles. The van der Waals surface area contributed by atoms with E-state index in [9.17, 15) is 14.9 Å². The number of amides is 1. The lowest BCUT2D eigenvalue weighted by atomic mass is 9.56. The third kappa shape index (κ3) is 2.40. The molecule has 2 atom stereocenters. The molecular weight excluding hydrogens is 272 g/mol. The van der Waals surface area contributed by atoms with Gasteiger partial charge in [0, 0.05) is 24.6 Å². The van der Waals surface area contributed by atoms with Crippen molar-refractivity contribution in [2.24, 2.45) is 5.41 Å². The summed E-state index contributed by atoms with van der Waals surface area (Å²) in [5, 5.41) is 13.9. The van der Waals surface area contributed by atoms with Crippen LogP contribution in [0.3, 0.4) is 0 Å². The van der Waals surface area contributed by atoms with Crippen molar-refractivity contribution in [3.8, 4) is 0 Å². The van der Waals surface area contributed by atoms with E-state index >= 15 is 0 Å². The highest BCUT2D eigenvalue weighted by Gasteiger charge is 2.58. The average Bonchev–Trinajstić information content (AvgIpc) is 2.46. The van der Waals surface area contributed by atoms with Gasteiger partial charge in [-0.25, -0.2) is 0 Å². The molecule has 1 N–H and O–H groups in total. The van der Waals surface area contributed by atoms with Gasteiger partial charge in [-0.2, -0.15) is 0 Å². The van der Waals surface area contributed by atoms with Crippen molar-refractivity contribution in [3.05, 3.63) is 39.9 Å². The molecule has 1 aromatic rings. The highest BCUT2D eigenvalue weighted by molar-refractivity contribution is 5.98. The van der Waals surface area contributed by atoms with Crippen LogP contribution in [-0.4, -0.2) is 29.6 Å². The topological polar surface area (TPSA) is 81.5 Å². The Bertz CT molecular complexity index is 585. The van der Waals surface area contributed by atoms with Crippen LogP contribution in [0.4, 0.5) is 5.69 Å². The van der Waals surface area contributed by atoms with Crippen molar-refractivity contribution < 1.29 is 14.5 Å². The first-order valence-corrected chi connectivity index (χ1v) is 6.82. The molecule has 0 saturated heterocycles. The highest BCUT2D eigenvalue weighted by Crippen LogP contribution is 2.51. The maximum atomic E-state index is 12.3. The molecule has 1 aliphatic rings. The van der Waals surface area contributed by atoms with E-state index in [-0.39, 0.29) is 28.3 Å². The van der Waals surface area contributed by atoms with Crippen LogP contribution in [0, 0.1) is 15.5 Å². The molecular formula is C15H20N2O4. The molecule has 0 bridgehead atoms. The zero-order valence-electron chi connectivity index (χ0n) is 12.7. The molecule has 0 spiro atoms. The largest absolute Gasteiger partial charge is 0.378 e. The highest BCUT2D eigenvalue weighted by atomic mass is 16.6. The van der Waals surface area contributed by atoms with E-state index in [1.165, 1.54) is 12.1 Å². The number of para-hydroxylation sites is 1. The predicted octanol–water partition coefficient (Wildman–Crippen LogP) is 2.53. The average molecular weight is 292 g/mol. The van der Waals surface area contributed by atoms with Crippen LogP contribution in [0.2, 0.25) is 0 Å². The first kappa shape index (κ1) is 15.4. The van der Waals surface area contributed by atoms with Gasteiger partial charge in [-0.15, -0.1) is 0 Å². The third-order valence-corrected chi connectivity index (χ3v) is 4.93. The molecule has 6 heteroatoms. The van der Waals surface area contributed by atoms with Gasteiger partial charge in [-0.05, 0) is 19.4 Å². The van der Waals surface area contributed by atoms with E-state index in [1.807, 2.05) is 20.8 Å². The van der Waals surface area contributed by atoms with Crippen LogP contribution < -0.4 is 5.32 Å². The van der Waals surface area contributed by atoms with Crippen LogP contribution in [0.1, 0.15) is 37.6 Å². The second kappa shape index (κ2) is 5.11. The monoisotopic (exact) mass is 292 g/mol. The fraction of sp³-hybridized carbons (Fsp3) is 0.533. The molecule has 1 aromatic carbocycles. The number of nitro groups is 1. The third-order valence-electron chi connectivity index (χ3n) is 4.93.